The normalized spacial score (nSPS) is 10.8. The second kappa shape index (κ2) is 7.70. The van der Waals surface area contributed by atoms with E-state index < -0.39 is 10.8 Å². The zero-order valence-electron chi connectivity index (χ0n) is 13.1. The molecule has 9 heteroatoms. The molecule has 0 aliphatic heterocycles. The fourth-order valence-electron chi connectivity index (χ4n) is 2.15. The van der Waals surface area contributed by atoms with E-state index in [2.05, 4.69) is 31.4 Å². The molecule has 26 heavy (non-hydrogen) atoms. The second-order valence-corrected chi connectivity index (χ2v) is 5.98. The van der Waals surface area contributed by atoms with E-state index >= 15 is 0 Å². The van der Waals surface area contributed by atoms with Crippen molar-refractivity contribution >= 4 is 33.7 Å². The third-order valence-electron chi connectivity index (χ3n) is 3.33. The molecule has 0 saturated carbocycles. The maximum atomic E-state index is 11.8. The van der Waals surface area contributed by atoms with E-state index in [1.165, 1.54) is 18.5 Å². The number of hydrogen-bond acceptors (Lipinski definition) is 6. The van der Waals surface area contributed by atoms with Gasteiger partial charge in [0, 0.05) is 22.9 Å². The Labute approximate surface area is 155 Å². The van der Waals surface area contributed by atoms with Crippen LogP contribution in [0, 0.1) is 10.1 Å². The fraction of sp³-hybridized carbons (Fsp3) is 0. The van der Waals surface area contributed by atoms with Crippen LogP contribution in [0.3, 0.4) is 0 Å². The molecule has 3 aromatic rings. The molecule has 1 N–H and O–H groups in total. The predicted molar refractivity (Wildman–Crippen MR) is 97.8 cm³/mol. The van der Waals surface area contributed by atoms with Gasteiger partial charge in [-0.2, -0.15) is 5.10 Å². The molecule has 0 saturated heterocycles. The minimum Gasteiger partial charge on any atom is -0.455 e. The minimum atomic E-state index is -0.482. The van der Waals surface area contributed by atoms with Gasteiger partial charge in [0.25, 0.3) is 11.6 Å². The van der Waals surface area contributed by atoms with E-state index in [0.717, 1.165) is 0 Å². The number of furan rings is 1. The number of hydrogen-bond donors (Lipinski definition) is 1. The van der Waals surface area contributed by atoms with Crippen LogP contribution in [-0.2, 0) is 0 Å². The maximum absolute atomic E-state index is 11.8. The van der Waals surface area contributed by atoms with Crippen LogP contribution in [0.25, 0.3) is 11.3 Å². The summed E-state index contributed by atoms with van der Waals surface area (Å²) in [7, 11) is 0. The van der Waals surface area contributed by atoms with Gasteiger partial charge in [0.15, 0.2) is 0 Å². The molecule has 0 fully saturated rings. The standard InChI is InChI=1S/C17H11BrN4O4/c18-12-3-5-14(15(8-12)22(24)25)16-6-4-13(26-16)10-20-21-17(23)11-2-1-7-19-9-11/h1-10H,(H,21,23)/b20-10+. The summed E-state index contributed by atoms with van der Waals surface area (Å²) in [5.41, 5.74) is 2.98. The number of benzene rings is 1. The van der Waals surface area contributed by atoms with Crippen molar-refractivity contribution < 1.29 is 14.1 Å². The lowest BCUT2D eigenvalue weighted by atomic mass is 10.1. The summed E-state index contributed by atoms with van der Waals surface area (Å²) in [6.07, 6.45) is 4.29. The van der Waals surface area contributed by atoms with E-state index in [1.54, 1.807) is 42.6 Å². The van der Waals surface area contributed by atoms with E-state index in [9.17, 15) is 14.9 Å². The van der Waals surface area contributed by atoms with Gasteiger partial charge in [0.1, 0.15) is 11.5 Å². The first-order chi connectivity index (χ1) is 12.5. The van der Waals surface area contributed by atoms with Crippen molar-refractivity contribution in [1.29, 1.82) is 0 Å². The number of nitrogens with zero attached hydrogens (tertiary/aromatic N) is 3. The van der Waals surface area contributed by atoms with Crippen LogP contribution in [0.2, 0.25) is 0 Å². The summed E-state index contributed by atoms with van der Waals surface area (Å²) in [6, 6.07) is 11.1. The first-order valence-electron chi connectivity index (χ1n) is 7.32. The Kier molecular flexibility index (Phi) is 5.18. The Balaban J connectivity index is 1.75. The highest BCUT2D eigenvalue weighted by molar-refractivity contribution is 9.10. The molecular weight excluding hydrogens is 404 g/mol. The van der Waals surface area contributed by atoms with Crippen molar-refractivity contribution in [2.45, 2.75) is 0 Å². The van der Waals surface area contributed by atoms with Crippen LogP contribution < -0.4 is 5.43 Å². The van der Waals surface area contributed by atoms with Crippen molar-refractivity contribution in [3.05, 3.63) is 80.8 Å². The molecule has 0 unspecified atom stereocenters. The minimum absolute atomic E-state index is 0.0814. The summed E-state index contributed by atoms with van der Waals surface area (Å²) in [6.45, 7) is 0. The zero-order chi connectivity index (χ0) is 18.5. The van der Waals surface area contributed by atoms with E-state index in [-0.39, 0.29) is 5.69 Å². The lowest BCUT2D eigenvalue weighted by Crippen LogP contribution is -2.17. The van der Waals surface area contributed by atoms with Crippen LogP contribution >= 0.6 is 15.9 Å². The number of amides is 1. The van der Waals surface area contributed by atoms with Crippen molar-refractivity contribution in [3.63, 3.8) is 0 Å². The Morgan fingerprint density at radius 3 is 2.88 bits per heavy atom. The molecule has 2 heterocycles. The largest absolute Gasteiger partial charge is 0.455 e. The van der Waals surface area contributed by atoms with Gasteiger partial charge in [-0.3, -0.25) is 19.9 Å². The highest BCUT2D eigenvalue weighted by atomic mass is 79.9. The van der Waals surface area contributed by atoms with E-state index in [1.807, 2.05) is 0 Å². The van der Waals surface area contributed by atoms with Crippen molar-refractivity contribution in [2.75, 3.05) is 0 Å². The molecule has 3 rings (SSSR count). The van der Waals surface area contributed by atoms with Crippen molar-refractivity contribution in [1.82, 2.24) is 10.4 Å². The first kappa shape index (κ1) is 17.5. The number of rotatable bonds is 5. The molecule has 0 atom stereocenters. The molecule has 0 spiro atoms. The maximum Gasteiger partial charge on any atom is 0.281 e. The van der Waals surface area contributed by atoms with Gasteiger partial charge in [-0.15, -0.1) is 0 Å². The van der Waals surface area contributed by atoms with E-state index in [0.29, 0.717) is 27.1 Å². The monoisotopic (exact) mass is 414 g/mol. The van der Waals surface area contributed by atoms with Gasteiger partial charge in [-0.05, 0) is 36.4 Å². The van der Waals surface area contributed by atoms with Crippen LogP contribution in [0.1, 0.15) is 16.1 Å². The molecule has 1 aromatic carbocycles. The molecular formula is C17H11BrN4O4. The summed E-state index contributed by atoms with van der Waals surface area (Å²) in [5.74, 6) is 0.248. The molecule has 8 nitrogen and oxygen atoms in total. The highest BCUT2D eigenvalue weighted by Crippen LogP contribution is 2.33. The quantitative estimate of drug-likeness (QED) is 0.387. The van der Waals surface area contributed by atoms with Gasteiger partial charge in [-0.25, -0.2) is 5.43 Å². The third kappa shape index (κ3) is 4.01. The topological polar surface area (TPSA) is 111 Å². The predicted octanol–water partition coefficient (Wildman–Crippen LogP) is 3.78. The second-order valence-electron chi connectivity index (χ2n) is 5.06. The SMILES string of the molecule is O=C(N/N=C/c1ccc(-c2ccc(Br)cc2[N+](=O)[O-])o1)c1cccnc1. The Morgan fingerprint density at radius 2 is 2.15 bits per heavy atom. The molecule has 0 aliphatic carbocycles. The van der Waals surface area contributed by atoms with Gasteiger partial charge in [0.2, 0.25) is 0 Å². The summed E-state index contributed by atoms with van der Waals surface area (Å²) >= 11 is 3.21. The number of nitro benzene ring substituents is 1. The number of pyridine rings is 1. The number of aromatic nitrogens is 1. The number of nitrogens with one attached hydrogen (secondary N) is 1. The molecule has 0 bridgehead atoms. The highest BCUT2D eigenvalue weighted by Gasteiger charge is 2.18. The third-order valence-corrected chi connectivity index (χ3v) is 3.82. The lowest BCUT2D eigenvalue weighted by molar-refractivity contribution is -0.384. The molecule has 1 amide bonds. The fourth-order valence-corrected chi connectivity index (χ4v) is 2.50. The lowest BCUT2D eigenvalue weighted by Gasteiger charge is -2.00. The van der Waals surface area contributed by atoms with Gasteiger partial charge < -0.3 is 4.42 Å². The molecule has 0 radical (unpaired) electrons. The van der Waals surface area contributed by atoms with Crippen LogP contribution in [0.4, 0.5) is 5.69 Å². The van der Waals surface area contributed by atoms with Crippen LogP contribution in [0.15, 0.2) is 68.8 Å². The summed E-state index contributed by atoms with van der Waals surface area (Å²) < 4.78 is 6.15. The number of carbonyl (C=O) groups is 1. The van der Waals surface area contributed by atoms with Gasteiger partial charge in [-0.1, -0.05) is 15.9 Å². The van der Waals surface area contributed by atoms with Crippen LogP contribution in [-0.4, -0.2) is 22.0 Å². The summed E-state index contributed by atoms with van der Waals surface area (Å²) in [4.78, 5) is 26.4. The Morgan fingerprint density at radius 1 is 1.31 bits per heavy atom. The van der Waals surface area contributed by atoms with Crippen molar-refractivity contribution in [3.8, 4) is 11.3 Å². The number of carbonyl (C=O) groups excluding carboxylic acids is 1. The van der Waals surface area contributed by atoms with Crippen molar-refractivity contribution in [2.24, 2.45) is 5.10 Å². The number of halogens is 1. The molecule has 130 valence electrons. The molecule has 2 aromatic heterocycles. The van der Waals surface area contributed by atoms with Crippen LogP contribution in [0.5, 0.6) is 0 Å². The average Bonchev–Trinajstić information content (AvgIpc) is 3.11. The molecule has 0 aliphatic rings. The average molecular weight is 415 g/mol. The van der Waals surface area contributed by atoms with Gasteiger partial charge >= 0.3 is 0 Å². The number of nitro groups is 1. The Hall–Kier alpha value is -3.33. The summed E-state index contributed by atoms with van der Waals surface area (Å²) in [5, 5.41) is 15.0. The van der Waals surface area contributed by atoms with Gasteiger partial charge in [0.05, 0.1) is 22.3 Å². The number of hydrazone groups is 1. The smallest absolute Gasteiger partial charge is 0.281 e. The van der Waals surface area contributed by atoms with E-state index in [4.69, 9.17) is 4.42 Å². The first-order valence-corrected chi connectivity index (χ1v) is 8.11. The zero-order valence-corrected chi connectivity index (χ0v) is 14.7. The Bertz CT molecular complexity index is 985.